The molecule has 1 unspecified atom stereocenters. The maximum Gasteiger partial charge on any atom is -0.00964 e. The van der Waals surface area contributed by atoms with Crippen LogP contribution < -0.4 is 0 Å². The lowest BCUT2D eigenvalue weighted by atomic mass is 9.95. The molecule has 0 saturated heterocycles. The van der Waals surface area contributed by atoms with E-state index in [0.717, 1.165) is 11.3 Å². The van der Waals surface area contributed by atoms with Gasteiger partial charge in [-0.2, -0.15) is 0 Å². The molecule has 0 nitrogen and oxygen atoms in total. The Balaban J connectivity index is 2.30. The van der Waals surface area contributed by atoms with Crippen molar-refractivity contribution in [3.8, 4) is 0 Å². The predicted octanol–water partition coefficient (Wildman–Crippen LogP) is 3.80. The molecular formula is C13H16S. The number of fused-ring (bicyclic) bond motifs is 1. The normalized spacial score (nSPS) is 19.4. The molecule has 1 atom stereocenters. The summed E-state index contributed by atoms with van der Waals surface area (Å²) in [5.74, 6) is 0.697. The first-order valence-electron chi connectivity index (χ1n) is 5.26. The zero-order valence-corrected chi connectivity index (χ0v) is 9.66. The molecule has 1 aliphatic rings. The third-order valence-corrected chi connectivity index (χ3v) is 3.33. The van der Waals surface area contributed by atoms with Gasteiger partial charge in [0.15, 0.2) is 0 Å². The van der Waals surface area contributed by atoms with Crippen LogP contribution >= 0.6 is 12.2 Å². The van der Waals surface area contributed by atoms with Crippen molar-refractivity contribution in [1.29, 1.82) is 0 Å². The zero-order chi connectivity index (χ0) is 10.1. The zero-order valence-electron chi connectivity index (χ0n) is 8.84. The summed E-state index contributed by atoms with van der Waals surface area (Å²) in [6.07, 6.45) is 3.62. The summed E-state index contributed by atoms with van der Waals surface area (Å²) in [4.78, 5) is 1.14. The van der Waals surface area contributed by atoms with E-state index < -0.39 is 0 Å². The van der Waals surface area contributed by atoms with Crippen molar-refractivity contribution in [3.05, 3.63) is 34.9 Å². The number of rotatable bonds is 2. The highest BCUT2D eigenvalue weighted by atomic mass is 32.1. The summed E-state index contributed by atoms with van der Waals surface area (Å²) in [7, 11) is 0. The van der Waals surface area contributed by atoms with Gasteiger partial charge in [-0.15, -0.1) is 0 Å². The van der Waals surface area contributed by atoms with E-state index in [2.05, 4.69) is 32.0 Å². The van der Waals surface area contributed by atoms with E-state index >= 15 is 0 Å². The number of benzene rings is 1. The molecule has 0 spiro atoms. The average Bonchev–Trinajstić information content (AvgIpc) is 2.49. The van der Waals surface area contributed by atoms with Crippen molar-refractivity contribution in [1.82, 2.24) is 0 Å². The van der Waals surface area contributed by atoms with Gasteiger partial charge in [0, 0.05) is 0 Å². The van der Waals surface area contributed by atoms with Crippen molar-refractivity contribution >= 4 is 17.1 Å². The standard InChI is InChI=1S/C13H16S/c1-9-4-3-5-13-11(8-10(2)14)6-7-12(9)13/h3-5,11H,6-8H2,1-2H3. The Hall–Kier alpha value is -0.690. The Labute approximate surface area is 91.3 Å². The summed E-state index contributed by atoms with van der Waals surface area (Å²) < 4.78 is 0. The van der Waals surface area contributed by atoms with Crippen LogP contribution in [0.15, 0.2) is 18.2 Å². The Morgan fingerprint density at radius 2 is 2.29 bits per heavy atom. The van der Waals surface area contributed by atoms with Gasteiger partial charge in [0.1, 0.15) is 0 Å². The predicted molar refractivity (Wildman–Crippen MR) is 65.1 cm³/mol. The number of aryl methyl sites for hydroxylation is 1. The highest BCUT2D eigenvalue weighted by Crippen LogP contribution is 2.37. The van der Waals surface area contributed by atoms with Gasteiger partial charge in [-0.25, -0.2) is 0 Å². The Morgan fingerprint density at radius 3 is 3.00 bits per heavy atom. The minimum Gasteiger partial charge on any atom is -0.0900 e. The monoisotopic (exact) mass is 204 g/mol. The van der Waals surface area contributed by atoms with Crippen LogP contribution in [0.4, 0.5) is 0 Å². The van der Waals surface area contributed by atoms with E-state index in [9.17, 15) is 0 Å². The van der Waals surface area contributed by atoms with Crippen LogP contribution in [0.3, 0.4) is 0 Å². The van der Waals surface area contributed by atoms with E-state index in [1.165, 1.54) is 18.4 Å². The lowest BCUT2D eigenvalue weighted by molar-refractivity contribution is 0.708. The smallest absolute Gasteiger partial charge is 0.00964 e. The van der Waals surface area contributed by atoms with E-state index in [1.807, 2.05) is 0 Å². The van der Waals surface area contributed by atoms with Gasteiger partial charge < -0.3 is 0 Å². The summed E-state index contributed by atoms with van der Waals surface area (Å²) in [6, 6.07) is 6.66. The lowest BCUT2D eigenvalue weighted by Gasteiger charge is -2.10. The Bertz CT molecular complexity index is 365. The molecule has 14 heavy (non-hydrogen) atoms. The number of hydrogen-bond acceptors (Lipinski definition) is 1. The largest absolute Gasteiger partial charge is 0.0900 e. The van der Waals surface area contributed by atoms with Gasteiger partial charge in [-0.05, 0) is 60.6 Å². The number of hydrogen-bond donors (Lipinski definition) is 0. The molecule has 1 heteroatoms. The third-order valence-electron chi connectivity index (χ3n) is 3.16. The highest BCUT2D eigenvalue weighted by Gasteiger charge is 2.23. The average molecular weight is 204 g/mol. The molecule has 0 saturated carbocycles. The first-order valence-corrected chi connectivity index (χ1v) is 5.67. The van der Waals surface area contributed by atoms with Crippen LogP contribution in [-0.4, -0.2) is 4.86 Å². The van der Waals surface area contributed by atoms with Crippen LogP contribution in [0.5, 0.6) is 0 Å². The fraction of sp³-hybridized carbons (Fsp3) is 0.462. The quantitative estimate of drug-likeness (QED) is 0.660. The maximum absolute atomic E-state index is 5.19. The molecule has 0 N–H and O–H groups in total. The summed E-state index contributed by atoms with van der Waals surface area (Å²) in [5.41, 5.74) is 4.58. The Morgan fingerprint density at radius 1 is 1.50 bits per heavy atom. The first-order chi connectivity index (χ1) is 6.68. The maximum atomic E-state index is 5.19. The molecule has 0 fully saturated rings. The van der Waals surface area contributed by atoms with Gasteiger partial charge in [0.05, 0.1) is 0 Å². The summed E-state index contributed by atoms with van der Waals surface area (Å²) in [6.45, 7) is 4.27. The van der Waals surface area contributed by atoms with Crippen LogP contribution in [0.1, 0.15) is 42.4 Å². The second-order valence-corrected chi connectivity index (χ2v) is 4.98. The number of thiocarbonyl (C=S) groups is 1. The highest BCUT2D eigenvalue weighted by molar-refractivity contribution is 7.80. The lowest BCUT2D eigenvalue weighted by Crippen LogP contribution is -1.98. The van der Waals surface area contributed by atoms with Crippen LogP contribution in [-0.2, 0) is 6.42 Å². The first kappa shape index (κ1) is 9.85. The molecule has 0 aliphatic heterocycles. The van der Waals surface area contributed by atoms with E-state index in [-0.39, 0.29) is 0 Å². The van der Waals surface area contributed by atoms with Crippen molar-refractivity contribution in [2.75, 3.05) is 0 Å². The van der Waals surface area contributed by atoms with Gasteiger partial charge in [-0.3, -0.25) is 0 Å². The second-order valence-electron chi connectivity index (χ2n) is 4.28. The van der Waals surface area contributed by atoms with Gasteiger partial charge in [0.2, 0.25) is 0 Å². The summed E-state index contributed by atoms with van der Waals surface area (Å²) in [5, 5.41) is 0. The van der Waals surface area contributed by atoms with Crippen molar-refractivity contribution in [2.24, 2.45) is 0 Å². The summed E-state index contributed by atoms with van der Waals surface area (Å²) >= 11 is 5.19. The molecule has 1 aromatic rings. The topological polar surface area (TPSA) is 0 Å². The van der Waals surface area contributed by atoms with Crippen LogP contribution in [0, 0.1) is 6.92 Å². The van der Waals surface area contributed by atoms with Crippen LogP contribution in [0.2, 0.25) is 0 Å². The Kier molecular flexibility index (Phi) is 2.69. The molecule has 1 aromatic carbocycles. The van der Waals surface area contributed by atoms with Gasteiger partial charge >= 0.3 is 0 Å². The second kappa shape index (κ2) is 3.82. The van der Waals surface area contributed by atoms with Crippen molar-refractivity contribution < 1.29 is 0 Å². The molecule has 0 amide bonds. The molecule has 1 aliphatic carbocycles. The third kappa shape index (κ3) is 1.74. The molecule has 2 rings (SSSR count). The van der Waals surface area contributed by atoms with E-state index in [0.29, 0.717) is 5.92 Å². The molecular weight excluding hydrogens is 188 g/mol. The van der Waals surface area contributed by atoms with Gasteiger partial charge in [0.25, 0.3) is 0 Å². The van der Waals surface area contributed by atoms with Crippen molar-refractivity contribution in [3.63, 3.8) is 0 Å². The fourth-order valence-electron chi connectivity index (χ4n) is 2.48. The van der Waals surface area contributed by atoms with E-state index in [1.54, 1.807) is 11.1 Å². The minimum atomic E-state index is 0.697. The van der Waals surface area contributed by atoms with Crippen LogP contribution in [0.25, 0.3) is 0 Å². The molecule has 74 valence electrons. The van der Waals surface area contributed by atoms with Crippen molar-refractivity contribution in [2.45, 2.75) is 39.0 Å². The van der Waals surface area contributed by atoms with Gasteiger partial charge in [-0.1, -0.05) is 30.4 Å². The minimum absolute atomic E-state index is 0.697. The molecule has 0 aromatic heterocycles. The SMILES string of the molecule is CC(=S)CC1CCc2c(C)cccc21. The molecule has 0 heterocycles. The van der Waals surface area contributed by atoms with E-state index in [4.69, 9.17) is 12.2 Å². The molecule has 0 bridgehead atoms. The fourth-order valence-corrected chi connectivity index (χ4v) is 2.68. The molecule has 0 radical (unpaired) electrons.